The molecule has 1 aliphatic rings. The number of aromatic amines is 1. The molecule has 2 heterocycles. The topological polar surface area (TPSA) is 87.5 Å². The number of rotatable bonds is 2. The summed E-state index contributed by atoms with van der Waals surface area (Å²) in [6, 6.07) is 1.41. The minimum atomic E-state index is -0.215. The SMILES string of the molecule is CO.O=c1ccn(C2CCC(CO)O2)c(=S)[nH]1. The number of nitrogens with zero attached hydrogens (tertiary/aromatic N) is 1. The smallest absolute Gasteiger partial charge is 0.251 e. The van der Waals surface area contributed by atoms with Crippen molar-refractivity contribution < 1.29 is 14.9 Å². The fourth-order valence-corrected chi connectivity index (χ4v) is 1.96. The Morgan fingerprint density at radius 1 is 1.59 bits per heavy atom. The van der Waals surface area contributed by atoms with E-state index in [2.05, 4.69) is 4.98 Å². The number of aromatic nitrogens is 2. The third kappa shape index (κ3) is 3.47. The highest BCUT2D eigenvalue weighted by Crippen LogP contribution is 2.27. The van der Waals surface area contributed by atoms with Crippen LogP contribution in [0.3, 0.4) is 0 Å². The first kappa shape index (κ1) is 14.0. The van der Waals surface area contributed by atoms with Crippen molar-refractivity contribution in [2.75, 3.05) is 13.7 Å². The standard InChI is InChI=1S/C9H12N2O3S.CH4O/c12-5-6-1-2-8(14-6)11-4-3-7(13)10-9(11)15;1-2/h3-4,6,8,12H,1-2,5H2,(H,10,13,15);2H,1H3. The number of aliphatic hydroxyl groups is 2. The molecule has 17 heavy (non-hydrogen) atoms. The van der Waals surface area contributed by atoms with Gasteiger partial charge >= 0.3 is 0 Å². The van der Waals surface area contributed by atoms with E-state index in [-0.39, 0.29) is 24.5 Å². The molecular formula is C10H16N2O4S. The van der Waals surface area contributed by atoms with Gasteiger partial charge in [-0.1, -0.05) is 0 Å². The molecule has 1 aromatic heterocycles. The number of ether oxygens (including phenoxy) is 1. The van der Waals surface area contributed by atoms with Crippen molar-refractivity contribution in [2.24, 2.45) is 0 Å². The lowest BCUT2D eigenvalue weighted by molar-refractivity contribution is -0.0237. The summed E-state index contributed by atoms with van der Waals surface area (Å²) in [7, 11) is 1.00. The summed E-state index contributed by atoms with van der Waals surface area (Å²) in [5.74, 6) is 0. The van der Waals surface area contributed by atoms with E-state index in [0.717, 1.165) is 20.0 Å². The lowest BCUT2D eigenvalue weighted by Crippen LogP contribution is -2.18. The van der Waals surface area contributed by atoms with E-state index in [1.54, 1.807) is 10.8 Å². The van der Waals surface area contributed by atoms with Crippen LogP contribution in [0.2, 0.25) is 0 Å². The molecule has 0 saturated carbocycles. The van der Waals surface area contributed by atoms with Gasteiger partial charge in [0.15, 0.2) is 4.77 Å². The van der Waals surface area contributed by atoms with Gasteiger partial charge in [0, 0.05) is 19.4 Å². The van der Waals surface area contributed by atoms with E-state index < -0.39 is 0 Å². The number of hydrogen-bond donors (Lipinski definition) is 3. The summed E-state index contributed by atoms with van der Waals surface area (Å²) < 4.78 is 7.60. The maximum atomic E-state index is 11.0. The fourth-order valence-electron chi connectivity index (χ4n) is 1.68. The molecule has 2 atom stereocenters. The zero-order valence-corrected chi connectivity index (χ0v) is 10.3. The second kappa shape index (κ2) is 6.65. The van der Waals surface area contributed by atoms with E-state index in [1.807, 2.05) is 0 Å². The highest BCUT2D eigenvalue weighted by Gasteiger charge is 2.25. The third-order valence-corrected chi connectivity index (χ3v) is 2.76. The Hall–Kier alpha value is -1.02. The van der Waals surface area contributed by atoms with Crippen LogP contribution in [0, 0.1) is 4.77 Å². The molecule has 0 bridgehead atoms. The van der Waals surface area contributed by atoms with Crippen LogP contribution in [0.25, 0.3) is 0 Å². The second-order valence-corrected chi connectivity index (χ2v) is 3.88. The molecule has 1 aromatic rings. The largest absolute Gasteiger partial charge is 0.400 e. The summed E-state index contributed by atoms with van der Waals surface area (Å²) in [4.78, 5) is 13.5. The molecule has 2 unspecified atom stereocenters. The van der Waals surface area contributed by atoms with Crippen LogP contribution >= 0.6 is 12.2 Å². The summed E-state index contributed by atoms with van der Waals surface area (Å²) in [5, 5.41) is 15.9. The van der Waals surface area contributed by atoms with Gasteiger partial charge in [-0.3, -0.25) is 14.3 Å². The van der Waals surface area contributed by atoms with Gasteiger partial charge in [0.1, 0.15) is 6.23 Å². The normalized spacial score (nSPS) is 23.0. The molecule has 0 aliphatic carbocycles. The van der Waals surface area contributed by atoms with Crippen molar-refractivity contribution in [1.82, 2.24) is 9.55 Å². The average Bonchev–Trinajstić information content (AvgIpc) is 2.80. The van der Waals surface area contributed by atoms with Crippen molar-refractivity contribution in [1.29, 1.82) is 0 Å². The van der Waals surface area contributed by atoms with Crippen molar-refractivity contribution in [2.45, 2.75) is 25.2 Å². The van der Waals surface area contributed by atoms with Gasteiger partial charge in [-0.25, -0.2) is 0 Å². The summed E-state index contributed by atoms with van der Waals surface area (Å²) in [6.45, 7) is 0.0210. The lowest BCUT2D eigenvalue weighted by Gasteiger charge is -2.15. The van der Waals surface area contributed by atoms with Gasteiger partial charge in [0.25, 0.3) is 5.56 Å². The predicted octanol–water partition coefficient (Wildman–Crippen LogP) is 0.184. The molecule has 6 nitrogen and oxygen atoms in total. The molecular weight excluding hydrogens is 244 g/mol. The van der Waals surface area contributed by atoms with Crippen LogP contribution in [-0.2, 0) is 4.74 Å². The highest BCUT2D eigenvalue weighted by molar-refractivity contribution is 7.71. The van der Waals surface area contributed by atoms with Crippen LogP contribution < -0.4 is 5.56 Å². The Labute approximate surface area is 103 Å². The van der Waals surface area contributed by atoms with Crippen LogP contribution in [-0.4, -0.2) is 39.6 Å². The summed E-state index contributed by atoms with van der Waals surface area (Å²) in [6.07, 6.45) is 2.93. The molecule has 1 aliphatic heterocycles. The monoisotopic (exact) mass is 260 g/mol. The van der Waals surface area contributed by atoms with Crippen molar-refractivity contribution in [3.05, 3.63) is 27.4 Å². The summed E-state index contributed by atoms with van der Waals surface area (Å²) in [5.41, 5.74) is -0.215. The number of aliphatic hydroxyl groups excluding tert-OH is 2. The van der Waals surface area contributed by atoms with E-state index in [4.69, 9.17) is 27.2 Å². The Kier molecular flexibility index (Phi) is 5.49. The second-order valence-electron chi connectivity index (χ2n) is 3.49. The Balaban J connectivity index is 0.000000686. The highest BCUT2D eigenvalue weighted by atomic mass is 32.1. The van der Waals surface area contributed by atoms with Gasteiger partial charge in [0.05, 0.1) is 12.7 Å². The number of H-pyrrole nitrogens is 1. The van der Waals surface area contributed by atoms with Crippen LogP contribution in [0.1, 0.15) is 19.1 Å². The Morgan fingerprint density at radius 3 is 2.82 bits per heavy atom. The van der Waals surface area contributed by atoms with E-state index in [1.165, 1.54) is 6.07 Å². The number of nitrogens with one attached hydrogen (secondary N) is 1. The molecule has 7 heteroatoms. The van der Waals surface area contributed by atoms with Gasteiger partial charge in [-0.2, -0.15) is 0 Å². The minimum Gasteiger partial charge on any atom is -0.400 e. The quantitative estimate of drug-likeness (QED) is 0.660. The molecule has 0 radical (unpaired) electrons. The number of hydrogen-bond acceptors (Lipinski definition) is 5. The minimum absolute atomic E-state index is 0.0210. The van der Waals surface area contributed by atoms with Gasteiger partial charge in [0.2, 0.25) is 0 Å². The molecule has 96 valence electrons. The third-order valence-electron chi connectivity index (χ3n) is 2.45. The maximum Gasteiger partial charge on any atom is 0.251 e. The van der Waals surface area contributed by atoms with Crippen LogP contribution in [0.5, 0.6) is 0 Å². The first-order valence-corrected chi connectivity index (χ1v) is 5.64. The molecule has 1 fully saturated rings. The van der Waals surface area contributed by atoms with Crippen molar-refractivity contribution in [3.8, 4) is 0 Å². The first-order valence-electron chi connectivity index (χ1n) is 5.23. The zero-order valence-electron chi connectivity index (χ0n) is 9.50. The molecule has 1 saturated heterocycles. The first-order chi connectivity index (χ1) is 8.20. The van der Waals surface area contributed by atoms with E-state index in [0.29, 0.717) is 4.77 Å². The van der Waals surface area contributed by atoms with Crippen molar-refractivity contribution in [3.63, 3.8) is 0 Å². The van der Waals surface area contributed by atoms with E-state index >= 15 is 0 Å². The fraction of sp³-hybridized carbons (Fsp3) is 0.600. The molecule has 0 amide bonds. The molecule has 3 N–H and O–H groups in total. The molecule has 2 rings (SSSR count). The lowest BCUT2D eigenvalue weighted by atomic mass is 10.2. The predicted molar refractivity (Wildman–Crippen MR) is 64.3 cm³/mol. The van der Waals surface area contributed by atoms with Gasteiger partial charge in [-0.15, -0.1) is 0 Å². The zero-order chi connectivity index (χ0) is 12.8. The molecule has 0 aromatic carbocycles. The van der Waals surface area contributed by atoms with Crippen LogP contribution in [0.4, 0.5) is 0 Å². The summed E-state index contributed by atoms with van der Waals surface area (Å²) >= 11 is 5.02. The van der Waals surface area contributed by atoms with Gasteiger partial charge in [-0.05, 0) is 25.1 Å². The van der Waals surface area contributed by atoms with Crippen LogP contribution in [0.15, 0.2) is 17.1 Å². The van der Waals surface area contributed by atoms with Gasteiger partial charge < -0.3 is 14.9 Å². The maximum absolute atomic E-state index is 11.0. The molecule has 0 spiro atoms. The Bertz CT molecular complexity index is 456. The average molecular weight is 260 g/mol. The van der Waals surface area contributed by atoms with Crippen molar-refractivity contribution >= 4 is 12.2 Å². The van der Waals surface area contributed by atoms with E-state index in [9.17, 15) is 4.79 Å². The Morgan fingerprint density at radius 2 is 2.29 bits per heavy atom.